The normalized spacial score (nSPS) is 5.67. The molecule has 0 amide bonds. The van der Waals surface area contributed by atoms with Crippen LogP contribution in [0.3, 0.4) is 0 Å². The zero-order valence-electron chi connectivity index (χ0n) is 5.67. The Kier molecular flexibility index (Phi) is 11.9. The van der Waals surface area contributed by atoms with Gasteiger partial charge >= 0.3 is 6.15 Å². The van der Waals surface area contributed by atoms with Crippen LogP contribution >= 0.6 is 0 Å². The van der Waals surface area contributed by atoms with E-state index < -0.39 is 0 Å². The summed E-state index contributed by atoms with van der Waals surface area (Å²) in [5.74, 6) is 0. The molecule has 0 atom stereocenters. The van der Waals surface area contributed by atoms with Crippen LogP contribution in [-0.4, -0.2) is 19.0 Å². The second-order valence-electron chi connectivity index (χ2n) is 1.30. The number of hydrogen-bond donors (Lipinski definition) is 0. The molecule has 0 aliphatic carbocycles. The standard InChI is InChI=1S/C4H9NO.CO2/c1-4(2)5-6-3;2-1-3/h1-3H3;. The first-order valence-electron chi connectivity index (χ1n) is 2.22. The quantitative estimate of drug-likeness (QED) is 0.383. The smallest absolute Gasteiger partial charge is 0.373 e. The summed E-state index contributed by atoms with van der Waals surface area (Å²) in [5.41, 5.74) is 0.942. The van der Waals surface area contributed by atoms with Gasteiger partial charge in [-0.25, -0.2) is 0 Å². The number of nitrogens with zero attached hydrogens (tertiary/aromatic N) is 1. The van der Waals surface area contributed by atoms with Gasteiger partial charge in [-0.1, -0.05) is 5.16 Å². The summed E-state index contributed by atoms with van der Waals surface area (Å²) in [7, 11) is 1.53. The van der Waals surface area contributed by atoms with Gasteiger partial charge in [-0.15, -0.1) is 0 Å². The fourth-order valence-corrected chi connectivity index (χ4v) is 0.183. The number of oxime groups is 1. The third-order valence-corrected chi connectivity index (χ3v) is 0.274. The van der Waals surface area contributed by atoms with Gasteiger partial charge < -0.3 is 4.84 Å². The zero-order chi connectivity index (χ0) is 7.70. The van der Waals surface area contributed by atoms with Crippen LogP contribution in [-0.2, 0) is 14.4 Å². The first-order chi connectivity index (χ1) is 4.18. The van der Waals surface area contributed by atoms with Gasteiger partial charge in [0.1, 0.15) is 7.11 Å². The Morgan fingerprint density at radius 3 is 1.78 bits per heavy atom. The van der Waals surface area contributed by atoms with Crippen molar-refractivity contribution in [2.24, 2.45) is 5.16 Å². The molecule has 0 aromatic rings. The number of rotatable bonds is 1. The van der Waals surface area contributed by atoms with Crippen molar-refractivity contribution in [3.8, 4) is 0 Å². The molecule has 0 aliphatic heterocycles. The highest BCUT2D eigenvalue weighted by atomic mass is 16.6. The molecule has 0 saturated carbocycles. The van der Waals surface area contributed by atoms with Gasteiger partial charge in [0.2, 0.25) is 0 Å². The van der Waals surface area contributed by atoms with Crippen molar-refractivity contribution in [2.45, 2.75) is 13.8 Å². The summed E-state index contributed by atoms with van der Waals surface area (Å²) in [6.07, 6.45) is 0.250. The molecule has 0 N–H and O–H groups in total. The fraction of sp³-hybridized carbons (Fsp3) is 0.600. The van der Waals surface area contributed by atoms with Crippen LogP contribution in [0, 0.1) is 0 Å². The van der Waals surface area contributed by atoms with Crippen molar-refractivity contribution in [2.75, 3.05) is 7.11 Å². The molecule has 0 bridgehead atoms. The maximum absolute atomic E-state index is 8.12. The van der Waals surface area contributed by atoms with E-state index in [1.54, 1.807) is 0 Å². The first-order valence-corrected chi connectivity index (χ1v) is 2.22. The van der Waals surface area contributed by atoms with E-state index in [0.717, 1.165) is 5.71 Å². The van der Waals surface area contributed by atoms with E-state index in [9.17, 15) is 0 Å². The van der Waals surface area contributed by atoms with Crippen molar-refractivity contribution < 1.29 is 14.4 Å². The summed E-state index contributed by atoms with van der Waals surface area (Å²) in [6, 6.07) is 0. The number of carbonyl (C=O) groups excluding carboxylic acids is 2. The van der Waals surface area contributed by atoms with E-state index in [4.69, 9.17) is 9.59 Å². The fourth-order valence-electron chi connectivity index (χ4n) is 0.183. The minimum Gasteiger partial charge on any atom is -0.399 e. The Hall–Kier alpha value is -1.15. The molecule has 0 unspecified atom stereocenters. The van der Waals surface area contributed by atoms with Gasteiger partial charge in [0.25, 0.3) is 0 Å². The Morgan fingerprint density at radius 2 is 1.78 bits per heavy atom. The van der Waals surface area contributed by atoms with Gasteiger partial charge in [0, 0.05) is 0 Å². The van der Waals surface area contributed by atoms with Crippen LogP contribution < -0.4 is 0 Å². The van der Waals surface area contributed by atoms with E-state index in [1.807, 2.05) is 13.8 Å². The highest BCUT2D eigenvalue weighted by Crippen LogP contribution is 1.71. The minimum atomic E-state index is 0.250. The Bertz CT molecular complexity index is 109. The van der Waals surface area contributed by atoms with Crippen LogP contribution in [0.4, 0.5) is 0 Å². The predicted molar refractivity (Wildman–Crippen MR) is 30.8 cm³/mol. The van der Waals surface area contributed by atoms with E-state index in [1.165, 1.54) is 7.11 Å². The lowest BCUT2D eigenvalue weighted by atomic mass is 10.5. The monoisotopic (exact) mass is 131 g/mol. The minimum absolute atomic E-state index is 0.250. The molecule has 0 heterocycles. The highest BCUT2D eigenvalue weighted by Gasteiger charge is 1.69. The predicted octanol–water partition coefficient (Wildman–Crippen LogP) is 0.445. The van der Waals surface area contributed by atoms with Gasteiger partial charge in [-0.3, -0.25) is 0 Å². The van der Waals surface area contributed by atoms with Crippen molar-refractivity contribution >= 4 is 11.9 Å². The molecule has 0 aromatic heterocycles. The average molecular weight is 131 g/mol. The SMILES string of the molecule is CON=C(C)C.O=C=O. The van der Waals surface area contributed by atoms with Crippen LogP contribution in [0.25, 0.3) is 0 Å². The summed E-state index contributed by atoms with van der Waals surface area (Å²) in [4.78, 5) is 20.6. The lowest BCUT2D eigenvalue weighted by Gasteiger charge is -1.83. The molecule has 52 valence electrons. The van der Waals surface area contributed by atoms with Gasteiger partial charge in [-0.05, 0) is 13.8 Å². The molecular weight excluding hydrogens is 122 g/mol. The summed E-state index contributed by atoms with van der Waals surface area (Å²) in [5, 5.41) is 3.54. The second-order valence-corrected chi connectivity index (χ2v) is 1.30. The maximum atomic E-state index is 8.12. The largest absolute Gasteiger partial charge is 0.399 e. The molecule has 4 nitrogen and oxygen atoms in total. The highest BCUT2D eigenvalue weighted by molar-refractivity contribution is 5.78. The topological polar surface area (TPSA) is 55.7 Å². The van der Waals surface area contributed by atoms with Gasteiger partial charge in [-0.2, -0.15) is 9.59 Å². The van der Waals surface area contributed by atoms with Crippen LogP contribution in [0.5, 0.6) is 0 Å². The van der Waals surface area contributed by atoms with Crippen molar-refractivity contribution in [3.63, 3.8) is 0 Å². The molecular formula is C5H9NO3. The molecule has 0 fully saturated rings. The van der Waals surface area contributed by atoms with Crippen molar-refractivity contribution in [1.82, 2.24) is 0 Å². The molecule has 4 heteroatoms. The Labute approximate surface area is 53.5 Å². The second kappa shape index (κ2) is 9.97. The third-order valence-electron chi connectivity index (χ3n) is 0.274. The zero-order valence-corrected chi connectivity index (χ0v) is 5.67. The molecule has 0 saturated heterocycles. The maximum Gasteiger partial charge on any atom is 0.373 e. The van der Waals surface area contributed by atoms with E-state index >= 15 is 0 Å². The van der Waals surface area contributed by atoms with Gasteiger partial charge in [0.05, 0.1) is 5.71 Å². The van der Waals surface area contributed by atoms with Gasteiger partial charge in [0.15, 0.2) is 0 Å². The van der Waals surface area contributed by atoms with Crippen LogP contribution in [0.1, 0.15) is 13.8 Å². The lowest BCUT2D eigenvalue weighted by Crippen LogP contribution is -1.79. The molecule has 9 heavy (non-hydrogen) atoms. The van der Waals surface area contributed by atoms with Crippen molar-refractivity contribution in [1.29, 1.82) is 0 Å². The van der Waals surface area contributed by atoms with Crippen molar-refractivity contribution in [3.05, 3.63) is 0 Å². The van der Waals surface area contributed by atoms with E-state index in [0.29, 0.717) is 0 Å². The molecule has 0 spiro atoms. The molecule has 0 aromatic carbocycles. The van der Waals surface area contributed by atoms with Crippen LogP contribution in [0.15, 0.2) is 5.16 Å². The first kappa shape index (κ1) is 10.8. The summed E-state index contributed by atoms with van der Waals surface area (Å²) < 4.78 is 0. The lowest BCUT2D eigenvalue weighted by molar-refractivity contribution is -0.191. The molecule has 0 radical (unpaired) electrons. The average Bonchev–Trinajstić information content (AvgIpc) is 1.67. The molecule has 0 rings (SSSR count). The number of hydrogen-bond acceptors (Lipinski definition) is 4. The Morgan fingerprint density at radius 1 is 1.44 bits per heavy atom. The van der Waals surface area contributed by atoms with E-state index in [-0.39, 0.29) is 6.15 Å². The van der Waals surface area contributed by atoms with Crippen LogP contribution in [0.2, 0.25) is 0 Å². The Balaban J connectivity index is 0. The summed E-state index contributed by atoms with van der Waals surface area (Å²) >= 11 is 0. The van der Waals surface area contributed by atoms with E-state index in [2.05, 4.69) is 9.99 Å². The third kappa shape index (κ3) is 47.1. The molecule has 0 aliphatic rings. The summed E-state index contributed by atoms with van der Waals surface area (Å²) in [6.45, 7) is 3.76.